The Morgan fingerprint density at radius 3 is 2.34 bits per heavy atom. The molecule has 0 heterocycles. The van der Waals surface area contributed by atoms with Crippen LogP contribution in [-0.2, 0) is 6.61 Å². The summed E-state index contributed by atoms with van der Waals surface area (Å²) in [7, 11) is 0. The van der Waals surface area contributed by atoms with Crippen molar-refractivity contribution in [3.63, 3.8) is 0 Å². The maximum atomic E-state index is 11.0. The Balaban J connectivity index is 1.89. The van der Waals surface area contributed by atoms with Gasteiger partial charge in [-0.3, -0.25) is 0 Å². The van der Waals surface area contributed by atoms with Gasteiger partial charge in [0, 0.05) is 15.1 Å². The first kappa shape index (κ1) is 20.7. The molecule has 3 aromatic carbocycles. The van der Waals surface area contributed by atoms with Gasteiger partial charge in [0.1, 0.15) is 12.4 Å². The van der Waals surface area contributed by atoms with E-state index < -0.39 is 5.97 Å². The van der Waals surface area contributed by atoms with Crippen LogP contribution in [0, 0.1) is 11.3 Å². The smallest absolute Gasteiger partial charge is 0.335 e. The molecule has 1 N–H and O–H groups in total. The predicted molar refractivity (Wildman–Crippen MR) is 117 cm³/mol. The van der Waals surface area contributed by atoms with Gasteiger partial charge in [-0.1, -0.05) is 51.8 Å². The summed E-state index contributed by atoms with van der Waals surface area (Å²) in [6.07, 6.45) is 1.72. The van der Waals surface area contributed by atoms with Crippen LogP contribution in [0.3, 0.4) is 0 Å². The Morgan fingerprint density at radius 1 is 1.07 bits per heavy atom. The average molecular weight is 469 g/mol. The van der Waals surface area contributed by atoms with Gasteiger partial charge in [0.15, 0.2) is 0 Å². The molecule has 0 aliphatic heterocycles. The number of halogens is 2. The number of nitrogens with zero attached hydrogens (tertiary/aromatic N) is 1. The van der Waals surface area contributed by atoms with E-state index in [0.717, 1.165) is 15.6 Å². The van der Waals surface area contributed by atoms with Crippen LogP contribution in [0.4, 0.5) is 0 Å². The van der Waals surface area contributed by atoms with Crippen molar-refractivity contribution < 1.29 is 14.6 Å². The van der Waals surface area contributed by atoms with E-state index in [1.165, 1.54) is 12.1 Å². The molecule has 0 aliphatic rings. The van der Waals surface area contributed by atoms with Crippen molar-refractivity contribution in [3.05, 3.63) is 98.5 Å². The fraction of sp³-hybridized carbons (Fsp3) is 0.0435. The zero-order chi connectivity index (χ0) is 20.8. The summed E-state index contributed by atoms with van der Waals surface area (Å²) in [5, 5.41) is 19.3. The van der Waals surface area contributed by atoms with Crippen molar-refractivity contribution in [3.8, 4) is 11.8 Å². The van der Waals surface area contributed by atoms with E-state index in [1.54, 1.807) is 30.3 Å². The highest BCUT2D eigenvalue weighted by Crippen LogP contribution is 2.29. The van der Waals surface area contributed by atoms with Crippen LogP contribution in [0.2, 0.25) is 5.02 Å². The SMILES string of the molecule is N#CC(=Cc1cc(Br)ccc1OCc1ccc(Cl)cc1)c1ccc(C(=O)O)cc1. The molecule has 144 valence electrons. The standard InChI is InChI=1S/C23H15BrClNO3/c24-20-7-10-22(29-14-15-1-8-21(25)9-2-15)18(12-20)11-19(13-26)16-3-5-17(6-4-16)23(27)28/h1-12H,14H2,(H,27,28). The summed E-state index contributed by atoms with van der Waals surface area (Å²) >= 11 is 9.36. The van der Waals surface area contributed by atoms with E-state index >= 15 is 0 Å². The zero-order valence-electron chi connectivity index (χ0n) is 15.1. The van der Waals surface area contributed by atoms with Crippen LogP contribution >= 0.6 is 27.5 Å². The number of nitriles is 1. The largest absolute Gasteiger partial charge is 0.488 e. The molecule has 0 aromatic heterocycles. The number of aromatic carboxylic acids is 1. The third kappa shape index (κ3) is 5.47. The second-order valence-electron chi connectivity index (χ2n) is 6.15. The number of rotatable bonds is 6. The number of hydrogen-bond donors (Lipinski definition) is 1. The Kier molecular flexibility index (Phi) is 6.71. The Labute approximate surface area is 181 Å². The molecule has 3 rings (SSSR count). The molecule has 0 fully saturated rings. The van der Waals surface area contributed by atoms with Gasteiger partial charge in [0.05, 0.1) is 17.2 Å². The predicted octanol–water partition coefficient (Wildman–Crippen LogP) is 6.44. The van der Waals surface area contributed by atoms with Crippen molar-refractivity contribution in [2.75, 3.05) is 0 Å². The third-order valence-electron chi connectivity index (χ3n) is 4.14. The highest BCUT2D eigenvalue weighted by molar-refractivity contribution is 9.10. The fourth-order valence-corrected chi connectivity index (χ4v) is 3.14. The van der Waals surface area contributed by atoms with Crippen LogP contribution in [0.5, 0.6) is 5.75 Å². The van der Waals surface area contributed by atoms with Gasteiger partial charge in [-0.2, -0.15) is 5.26 Å². The van der Waals surface area contributed by atoms with Gasteiger partial charge in [-0.25, -0.2) is 4.79 Å². The lowest BCUT2D eigenvalue weighted by molar-refractivity contribution is 0.0697. The lowest BCUT2D eigenvalue weighted by atomic mass is 10.0. The topological polar surface area (TPSA) is 70.3 Å². The van der Waals surface area contributed by atoms with E-state index in [0.29, 0.717) is 28.5 Å². The van der Waals surface area contributed by atoms with Crippen molar-refractivity contribution >= 4 is 45.1 Å². The molecule has 0 saturated heterocycles. The molecule has 3 aromatic rings. The first-order chi connectivity index (χ1) is 14.0. The normalized spacial score (nSPS) is 11.0. The Bertz CT molecular complexity index is 1100. The van der Waals surface area contributed by atoms with Gasteiger partial charge >= 0.3 is 5.97 Å². The third-order valence-corrected chi connectivity index (χ3v) is 4.89. The average Bonchev–Trinajstić information content (AvgIpc) is 2.72. The van der Waals surface area contributed by atoms with Crippen LogP contribution in [-0.4, -0.2) is 11.1 Å². The second kappa shape index (κ2) is 9.42. The molecule has 0 amide bonds. The van der Waals surface area contributed by atoms with Gasteiger partial charge in [-0.15, -0.1) is 0 Å². The van der Waals surface area contributed by atoms with Gasteiger partial charge < -0.3 is 9.84 Å². The van der Waals surface area contributed by atoms with E-state index in [2.05, 4.69) is 22.0 Å². The van der Waals surface area contributed by atoms with E-state index in [-0.39, 0.29) is 5.56 Å². The maximum absolute atomic E-state index is 11.0. The van der Waals surface area contributed by atoms with Gasteiger partial charge in [0.25, 0.3) is 0 Å². The molecule has 0 unspecified atom stereocenters. The number of carboxylic acid groups (broad SMARTS) is 1. The van der Waals surface area contributed by atoms with E-state index in [4.69, 9.17) is 21.4 Å². The number of benzene rings is 3. The lowest BCUT2D eigenvalue weighted by Crippen LogP contribution is -1.97. The van der Waals surface area contributed by atoms with Gasteiger partial charge in [-0.05, 0) is 59.7 Å². The van der Waals surface area contributed by atoms with Crippen LogP contribution in [0.1, 0.15) is 27.0 Å². The first-order valence-electron chi connectivity index (χ1n) is 8.58. The number of allylic oxidation sites excluding steroid dienone is 1. The summed E-state index contributed by atoms with van der Waals surface area (Å²) in [6, 6.07) is 21.3. The monoisotopic (exact) mass is 467 g/mol. The van der Waals surface area contributed by atoms with Crippen LogP contribution in [0.25, 0.3) is 11.6 Å². The summed E-state index contributed by atoms with van der Waals surface area (Å²) < 4.78 is 6.80. The minimum absolute atomic E-state index is 0.167. The lowest BCUT2D eigenvalue weighted by Gasteiger charge is -2.11. The van der Waals surface area contributed by atoms with Crippen molar-refractivity contribution in [2.24, 2.45) is 0 Å². The molecule has 6 heteroatoms. The minimum Gasteiger partial charge on any atom is -0.488 e. The van der Waals surface area contributed by atoms with E-state index in [9.17, 15) is 10.1 Å². The molecular formula is C23H15BrClNO3. The number of carbonyl (C=O) groups is 1. The number of hydrogen-bond acceptors (Lipinski definition) is 3. The zero-order valence-corrected chi connectivity index (χ0v) is 17.4. The van der Waals surface area contributed by atoms with E-state index in [1.807, 2.05) is 30.3 Å². The molecule has 0 bridgehead atoms. The van der Waals surface area contributed by atoms with Crippen molar-refractivity contribution in [1.82, 2.24) is 0 Å². The summed E-state index contributed by atoms with van der Waals surface area (Å²) in [6.45, 7) is 0.356. The number of ether oxygens (including phenoxy) is 1. The Hall–Kier alpha value is -3.07. The fourth-order valence-electron chi connectivity index (χ4n) is 2.63. The summed E-state index contributed by atoms with van der Waals surface area (Å²) in [5.74, 6) is -0.387. The highest BCUT2D eigenvalue weighted by Gasteiger charge is 2.09. The van der Waals surface area contributed by atoms with Crippen LogP contribution < -0.4 is 4.74 Å². The second-order valence-corrected chi connectivity index (χ2v) is 7.50. The first-order valence-corrected chi connectivity index (χ1v) is 9.75. The Morgan fingerprint density at radius 2 is 1.72 bits per heavy atom. The molecule has 0 aliphatic carbocycles. The maximum Gasteiger partial charge on any atom is 0.335 e. The quantitative estimate of drug-likeness (QED) is 0.334. The minimum atomic E-state index is -1.01. The molecule has 29 heavy (non-hydrogen) atoms. The molecule has 0 atom stereocenters. The van der Waals surface area contributed by atoms with Gasteiger partial charge in [0.2, 0.25) is 0 Å². The highest BCUT2D eigenvalue weighted by atomic mass is 79.9. The molecule has 4 nitrogen and oxygen atoms in total. The molecular weight excluding hydrogens is 454 g/mol. The van der Waals surface area contributed by atoms with Crippen molar-refractivity contribution in [2.45, 2.75) is 6.61 Å². The molecule has 0 radical (unpaired) electrons. The number of carboxylic acids is 1. The molecule has 0 saturated carbocycles. The summed E-state index contributed by atoms with van der Waals surface area (Å²) in [5.41, 5.74) is 2.89. The van der Waals surface area contributed by atoms with Crippen LogP contribution in [0.15, 0.2) is 71.2 Å². The molecule has 0 spiro atoms. The summed E-state index contributed by atoms with van der Waals surface area (Å²) in [4.78, 5) is 11.0. The van der Waals surface area contributed by atoms with Crippen molar-refractivity contribution in [1.29, 1.82) is 5.26 Å².